The zero-order chi connectivity index (χ0) is 23.7. The molecular formula is C25H33N3O4. The van der Waals surface area contributed by atoms with Crippen molar-refractivity contribution in [2.45, 2.75) is 58.8 Å². The van der Waals surface area contributed by atoms with Crippen molar-refractivity contribution in [1.29, 1.82) is 0 Å². The molecule has 32 heavy (non-hydrogen) atoms. The minimum Gasteiger partial charge on any atom is -0.444 e. The van der Waals surface area contributed by atoms with Gasteiger partial charge in [-0.15, -0.1) is 0 Å². The number of carbonyl (C=O) groups is 3. The van der Waals surface area contributed by atoms with Crippen LogP contribution in [0.3, 0.4) is 0 Å². The third-order valence-electron chi connectivity index (χ3n) is 4.71. The van der Waals surface area contributed by atoms with Gasteiger partial charge in [-0.1, -0.05) is 60.7 Å². The lowest BCUT2D eigenvalue weighted by Gasteiger charge is -2.32. The fourth-order valence-corrected chi connectivity index (χ4v) is 3.25. The first-order chi connectivity index (χ1) is 15.1. The van der Waals surface area contributed by atoms with Crippen LogP contribution in [0.2, 0.25) is 0 Å². The molecule has 7 nitrogen and oxygen atoms in total. The molecule has 2 aromatic rings. The molecule has 0 aromatic heterocycles. The van der Waals surface area contributed by atoms with Gasteiger partial charge in [0.15, 0.2) is 0 Å². The van der Waals surface area contributed by atoms with Crippen LogP contribution in [0.25, 0.3) is 0 Å². The van der Waals surface area contributed by atoms with Gasteiger partial charge in [0, 0.05) is 13.1 Å². The van der Waals surface area contributed by atoms with E-state index in [1.165, 1.54) is 4.90 Å². The smallest absolute Gasteiger partial charge is 0.408 e. The summed E-state index contributed by atoms with van der Waals surface area (Å²) in [4.78, 5) is 40.1. The van der Waals surface area contributed by atoms with Crippen molar-refractivity contribution in [3.05, 3.63) is 71.8 Å². The third kappa shape index (κ3) is 7.41. The zero-order valence-electron chi connectivity index (χ0n) is 19.4. The van der Waals surface area contributed by atoms with Crippen molar-refractivity contribution in [1.82, 2.24) is 15.5 Å². The van der Waals surface area contributed by atoms with Crippen LogP contribution in [0.1, 0.15) is 51.8 Å². The van der Waals surface area contributed by atoms with Crippen molar-refractivity contribution in [3.8, 4) is 0 Å². The number of rotatable bonds is 8. The molecule has 2 atom stereocenters. The van der Waals surface area contributed by atoms with Crippen molar-refractivity contribution in [2.24, 2.45) is 0 Å². The topological polar surface area (TPSA) is 87.7 Å². The van der Waals surface area contributed by atoms with Crippen LogP contribution in [-0.4, -0.2) is 41.0 Å². The summed E-state index contributed by atoms with van der Waals surface area (Å²) in [5.41, 5.74) is 0.973. The highest BCUT2D eigenvalue weighted by atomic mass is 16.6. The molecule has 0 aliphatic rings. The van der Waals surface area contributed by atoms with Crippen LogP contribution < -0.4 is 10.6 Å². The predicted octanol–water partition coefficient (Wildman–Crippen LogP) is 3.81. The highest BCUT2D eigenvalue weighted by Gasteiger charge is 2.33. The van der Waals surface area contributed by atoms with Gasteiger partial charge >= 0.3 is 6.09 Å². The number of ether oxygens (including phenoxy) is 1. The fourth-order valence-electron chi connectivity index (χ4n) is 3.25. The Balaban J connectivity index is 2.21. The summed E-state index contributed by atoms with van der Waals surface area (Å²) in [7, 11) is 0. The second-order valence-electron chi connectivity index (χ2n) is 8.51. The van der Waals surface area contributed by atoms with Gasteiger partial charge in [0.25, 0.3) is 0 Å². The zero-order valence-corrected chi connectivity index (χ0v) is 19.4. The van der Waals surface area contributed by atoms with E-state index in [-0.39, 0.29) is 18.4 Å². The van der Waals surface area contributed by atoms with Gasteiger partial charge in [0.1, 0.15) is 17.7 Å². The highest BCUT2D eigenvalue weighted by molar-refractivity contribution is 5.91. The Labute approximate surface area is 190 Å². The summed E-state index contributed by atoms with van der Waals surface area (Å²) < 4.78 is 5.25. The van der Waals surface area contributed by atoms with E-state index in [1.807, 2.05) is 60.7 Å². The molecule has 0 saturated heterocycles. The second-order valence-corrected chi connectivity index (χ2v) is 8.51. The molecule has 0 bridgehead atoms. The van der Waals surface area contributed by atoms with Crippen LogP contribution >= 0.6 is 0 Å². The van der Waals surface area contributed by atoms with Gasteiger partial charge in [0.2, 0.25) is 11.8 Å². The maximum Gasteiger partial charge on any atom is 0.408 e. The number of benzene rings is 2. The molecule has 2 rings (SSSR count). The Kier molecular flexibility index (Phi) is 8.81. The molecule has 0 fully saturated rings. The normalized spacial score (nSPS) is 12.9. The molecule has 2 aromatic carbocycles. The van der Waals surface area contributed by atoms with E-state index in [0.29, 0.717) is 12.1 Å². The Hall–Kier alpha value is -3.35. The van der Waals surface area contributed by atoms with E-state index in [0.717, 1.165) is 5.56 Å². The molecular weight excluding hydrogens is 406 g/mol. The molecule has 172 valence electrons. The van der Waals surface area contributed by atoms with E-state index in [2.05, 4.69) is 10.6 Å². The molecule has 2 N–H and O–H groups in total. The first-order valence-corrected chi connectivity index (χ1v) is 10.8. The number of hydrogen-bond acceptors (Lipinski definition) is 4. The van der Waals surface area contributed by atoms with E-state index < -0.39 is 23.8 Å². The lowest BCUT2D eigenvalue weighted by molar-refractivity contribution is -0.142. The minimum atomic E-state index is -0.863. The quantitative estimate of drug-likeness (QED) is 0.655. The summed E-state index contributed by atoms with van der Waals surface area (Å²) >= 11 is 0. The monoisotopic (exact) mass is 439 g/mol. The molecule has 0 saturated carbocycles. The maximum atomic E-state index is 13.2. The number of alkyl carbamates (subject to hydrolysis) is 1. The average molecular weight is 440 g/mol. The number of carbonyl (C=O) groups excluding carboxylic acids is 3. The number of nitrogens with zero attached hydrogens (tertiary/aromatic N) is 1. The standard InChI is InChI=1S/C25H33N3O4/c1-6-28(23(30)18(2)27-24(31)32-25(3,4)5)21(20-15-11-8-12-16-20)22(29)26-17-19-13-9-7-10-14-19/h7-16,18,21H,6,17H2,1-5H3,(H,26,29)(H,27,31). The number of hydrogen-bond donors (Lipinski definition) is 2. The Morgan fingerprint density at radius 1 is 0.969 bits per heavy atom. The van der Waals surface area contributed by atoms with Crippen LogP contribution in [0.5, 0.6) is 0 Å². The van der Waals surface area contributed by atoms with Gasteiger partial charge in [-0.25, -0.2) is 4.79 Å². The number of nitrogens with one attached hydrogen (secondary N) is 2. The molecule has 0 aliphatic heterocycles. The number of likely N-dealkylation sites (N-methyl/N-ethyl adjacent to an activating group) is 1. The van der Waals surface area contributed by atoms with Gasteiger partial charge in [-0.2, -0.15) is 0 Å². The van der Waals surface area contributed by atoms with Crippen molar-refractivity contribution in [3.63, 3.8) is 0 Å². The lowest BCUT2D eigenvalue weighted by Crippen LogP contribution is -2.51. The predicted molar refractivity (Wildman–Crippen MR) is 124 cm³/mol. The Bertz CT molecular complexity index is 894. The van der Waals surface area contributed by atoms with Gasteiger partial charge in [0.05, 0.1) is 0 Å². The van der Waals surface area contributed by atoms with E-state index in [1.54, 1.807) is 34.6 Å². The average Bonchev–Trinajstić information content (AvgIpc) is 2.75. The summed E-state index contributed by atoms with van der Waals surface area (Å²) in [6.45, 7) is 9.27. The van der Waals surface area contributed by atoms with Gasteiger partial charge in [-0.05, 0) is 45.7 Å². The third-order valence-corrected chi connectivity index (χ3v) is 4.71. The largest absolute Gasteiger partial charge is 0.444 e. The summed E-state index contributed by atoms with van der Waals surface area (Å²) in [5.74, 6) is -0.665. The van der Waals surface area contributed by atoms with Crippen LogP contribution in [0.15, 0.2) is 60.7 Å². The number of amides is 3. The molecule has 0 radical (unpaired) electrons. The Morgan fingerprint density at radius 2 is 1.53 bits per heavy atom. The van der Waals surface area contributed by atoms with E-state index in [4.69, 9.17) is 4.74 Å². The van der Waals surface area contributed by atoms with Crippen LogP contribution in [0.4, 0.5) is 4.79 Å². The van der Waals surface area contributed by atoms with Crippen molar-refractivity contribution >= 4 is 17.9 Å². The van der Waals surface area contributed by atoms with Gasteiger partial charge < -0.3 is 20.3 Å². The van der Waals surface area contributed by atoms with E-state index >= 15 is 0 Å². The molecule has 0 aliphatic carbocycles. The van der Waals surface area contributed by atoms with Crippen molar-refractivity contribution in [2.75, 3.05) is 6.54 Å². The summed E-state index contributed by atoms with van der Waals surface area (Å²) in [6.07, 6.45) is -0.681. The SMILES string of the molecule is CCN(C(=O)C(C)NC(=O)OC(C)(C)C)C(C(=O)NCc1ccccc1)c1ccccc1. The second kappa shape index (κ2) is 11.3. The van der Waals surface area contributed by atoms with Crippen LogP contribution in [-0.2, 0) is 20.9 Å². The Morgan fingerprint density at radius 3 is 2.06 bits per heavy atom. The molecule has 0 spiro atoms. The minimum absolute atomic E-state index is 0.289. The first-order valence-electron chi connectivity index (χ1n) is 10.8. The van der Waals surface area contributed by atoms with Crippen molar-refractivity contribution < 1.29 is 19.1 Å². The fraction of sp³-hybridized carbons (Fsp3) is 0.400. The highest BCUT2D eigenvalue weighted by Crippen LogP contribution is 2.22. The summed E-state index contributed by atoms with van der Waals surface area (Å²) in [6, 6.07) is 17.0. The maximum absolute atomic E-state index is 13.2. The molecule has 7 heteroatoms. The lowest BCUT2D eigenvalue weighted by atomic mass is 10.0. The molecule has 2 unspecified atom stereocenters. The molecule has 3 amide bonds. The molecule has 0 heterocycles. The van der Waals surface area contributed by atoms with E-state index in [9.17, 15) is 14.4 Å². The first kappa shape index (κ1) is 24.9. The van der Waals surface area contributed by atoms with Crippen LogP contribution in [0, 0.1) is 0 Å². The summed E-state index contributed by atoms with van der Waals surface area (Å²) in [5, 5.41) is 5.50. The van der Waals surface area contributed by atoms with Gasteiger partial charge in [-0.3, -0.25) is 9.59 Å².